The molecular weight excluding hydrogens is 360 g/mol. The summed E-state index contributed by atoms with van der Waals surface area (Å²) in [5, 5.41) is 9.42. The highest BCUT2D eigenvalue weighted by atomic mass is 28.4. The molecule has 0 aliphatic rings. The predicted molar refractivity (Wildman–Crippen MR) is 110 cm³/mol. The van der Waals surface area contributed by atoms with Crippen LogP contribution >= 0.6 is 0 Å². The lowest BCUT2D eigenvalue weighted by molar-refractivity contribution is 0.0199. The molecule has 27 heavy (non-hydrogen) atoms. The molecule has 0 saturated heterocycles. The number of pyridine rings is 1. The van der Waals surface area contributed by atoms with Crippen molar-refractivity contribution in [3.05, 3.63) is 29.6 Å². The Labute approximate surface area is 165 Å². The van der Waals surface area contributed by atoms with Crippen LogP contribution in [0.3, 0.4) is 0 Å². The quantitative estimate of drug-likeness (QED) is 0.695. The van der Waals surface area contributed by atoms with E-state index in [1.807, 2.05) is 39.0 Å². The average molecular weight is 397 g/mol. The maximum absolute atomic E-state index is 12.4. The van der Waals surface area contributed by atoms with E-state index in [1.165, 1.54) is 4.90 Å². The molecule has 1 heterocycles. The first-order chi connectivity index (χ1) is 12.2. The van der Waals surface area contributed by atoms with Gasteiger partial charge < -0.3 is 14.3 Å². The minimum absolute atomic E-state index is 0.132. The van der Waals surface area contributed by atoms with Crippen LogP contribution in [0.5, 0.6) is 0 Å². The van der Waals surface area contributed by atoms with Crippen LogP contribution in [-0.2, 0) is 22.3 Å². The number of amides is 1. The zero-order valence-electron chi connectivity index (χ0n) is 18.1. The summed E-state index contributed by atoms with van der Waals surface area (Å²) < 4.78 is 11.6. The van der Waals surface area contributed by atoms with Crippen molar-refractivity contribution in [2.75, 3.05) is 13.2 Å². The molecule has 0 fully saturated rings. The highest BCUT2D eigenvalue weighted by Crippen LogP contribution is 2.36. The number of hydrogen-bond donors (Lipinski definition) is 1. The summed E-state index contributed by atoms with van der Waals surface area (Å²) >= 11 is 0. The van der Waals surface area contributed by atoms with Crippen molar-refractivity contribution < 1.29 is 19.1 Å². The van der Waals surface area contributed by atoms with E-state index in [0.717, 1.165) is 11.4 Å². The zero-order valence-corrected chi connectivity index (χ0v) is 19.1. The van der Waals surface area contributed by atoms with E-state index in [2.05, 4.69) is 38.8 Å². The molecule has 1 amide bonds. The van der Waals surface area contributed by atoms with Crippen molar-refractivity contribution in [1.29, 1.82) is 0 Å². The molecular formula is C20H36N2O4Si. The number of ether oxygens (including phenoxy) is 1. The van der Waals surface area contributed by atoms with Crippen molar-refractivity contribution >= 4 is 14.4 Å². The lowest BCUT2D eigenvalue weighted by Crippen LogP contribution is -2.40. The van der Waals surface area contributed by atoms with Crippen LogP contribution < -0.4 is 0 Å². The topological polar surface area (TPSA) is 71.9 Å². The third-order valence-electron chi connectivity index (χ3n) is 4.63. The molecule has 0 atom stereocenters. The predicted octanol–water partition coefficient (Wildman–Crippen LogP) is 4.33. The van der Waals surface area contributed by atoms with Crippen LogP contribution in [0.2, 0.25) is 18.1 Å². The van der Waals surface area contributed by atoms with E-state index in [1.54, 1.807) is 0 Å². The monoisotopic (exact) mass is 396 g/mol. The van der Waals surface area contributed by atoms with Gasteiger partial charge in [-0.25, -0.2) is 4.79 Å². The van der Waals surface area contributed by atoms with Gasteiger partial charge in [0.25, 0.3) is 0 Å². The average Bonchev–Trinajstić information content (AvgIpc) is 2.50. The number of hydrogen-bond acceptors (Lipinski definition) is 5. The molecule has 0 radical (unpaired) electrons. The molecule has 1 aromatic heterocycles. The molecule has 7 heteroatoms. The van der Waals surface area contributed by atoms with E-state index < -0.39 is 20.0 Å². The minimum Gasteiger partial charge on any atom is -0.444 e. The highest BCUT2D eigenvalue weighted by molar-refractivity contribution is 6.74. The molecule has 0 aromatic carbocycles. The van der Waals surface area contributed by atoms with Gasteiger partial charge in [-0.05, 0) is 51.0 Å². The van der Waals surface area contributed by atoms with Gasteiger partial charge in [-0.1, -0.05) is 26.8 Å². The number of nitrogens with zero attached hydrogens (tertiary/aromatic N) is 2. The molecule has 0 aliphatic heterocycles. The molecule has 1 rings (SSSR count). The fraction of sp³-hybridized carbons (Fsp3) is 0.700. The second-order valence-electron chi connectivity index (χ2n) is 9.29. The molecule has 0 aliphatic carbocycles. The van der Waals surface area contributed by atoms with Crippen LogP contribution in [-0.4, -0.2) is 48.2 Å². The molecule has 0 spiro atoms. The molecule has 6 nitrogen and oxygen atoms in total. The van der Waals surface area contributed by atoms with Gasteiger partial charge in [0.2, 0.25) is 0 Å². The van der Waals surface area contributed by atoms with Crippen LogP contribution in [0.15, 0.2) is 18.2 Å². The van der Waals surface area contributed by atoms with Gasteiger partial charge in [0.05, 0.1) is 31.1 Å². The van der Waals surface area contributed by atoms with Crippen molar-refractivity contribution in [2.24, 2.45) is 0 Å². The van der Waals surface area contributed by atoms with Crippen molar-refractivity contribution in [2.45, 2.75) is 78.4 Å². The first kappa shape index (κ1) is 23.6. The second-order valence-corrected chi connectivity index (χ2v) is 14.1. The smallest absolute Gasteiger partial charge is 0.410 e. The molecule has 0 bridgehead atoms. The van der Waals surface area contributed by atoms with E-state index in [0.29, 0.717) is 6.61 Å². The van der Waals surface area contributed by atoms with Gasteiger partial charge in [-0.3, -0.25) is 9.88 Å². The third kappa shape index (κ3) is 7.99. The Hall–Kier alpha value is -1.44. The van der Waals surface area contributed by atoms with Gasteiger partial charge >= 0.3 is 6.09 Å². The summed E-state index contributed by atoms with van der Waals surface area (Å²) in [6, 6.07) is 5.71. The Kier molecular flexibility index (Phi) is 8.01. The standard InChI is InChI=1S/C20H36N2O4Si/c1-19(2,3)26-18(24)22(12-13-23)14-16-10-9-11-17(21-16)15-25-27(7,8)20(4,5)6/h9-11,23H,12-15H2,1-8H3. The number of aromatic nitrogens is 1. The number of aliphatic hydroxyl groups is 1. The summed E-state index contributed by atoms with van der Waals surface area (Å²) in [4.78, 5) is 18.4. The minimum atomic E-state index is -1.85. The fourth-order valence-corrected chi connectivity index (χ4v) is 2.99. The van der Waals surface area contributed by atoms with Crippen LogP contribution in [0.1, 0.15) is 52.9 Å². The van der Waals surface area contributed by atoms with Crippen LogP contribution in [0, 0.1) is 0 Å². The Morgan fingerprint density at radius 3 is 2.26 bits per heavy atom. The van der Waals surface area contributed by atoms with Crippen LogP contribution in [0.25, 0.3) is 0 Å². The largest absolute Gasteiger partial charge is 0.444 e. The van der Waals surface area contributed by atoms with E-state index >= 15 is 0 Å². The lowest BCUT2D eigenvalue weighted by atomic mass is 10.2. The van der Waals surface area contributed by atoms with Crippen molar-refractivity contribution in [1.82, 2.24) is 9.88 Å². The number of carbonyl (C=O) groups is 1. The van der Waals surface area contributed by atoms with E-state index in [9.17, 15) is 9.90 Å². The zero-order chi connectivity index (χ0) is 20.9. The molecule has 0 saturated carbocycles. The first-order valence-corrected chi connectivity index (χ1v) is 12.3. The van der Waals surface area contributed by atoms with Gasteiger partial charge in [0.1, 0.15) is 5.60 Å². The number of aliphatic hydroxyl groups excluding tert-OH is 1. The summed E-state index contributed by atoms with van der Waals surface area (Å²) in [6.45, 7) is 17.3. The van der Waals surface area contributed by atoms with Gasteiger partial charge in [-0.2, -0.15) is 0 Å². The summed E-state index contributed by atoms with van der Waals surface area (Å²) in [5.74, 6) is 0. The maximum atomic E-state index is 12.4. The molecule has 0 unspecified atom stereocenters. The van der Waals surface area contributed by atoms with Gasteiger partial charge in [0.15, 0.2) is 8.32 Å². The Morgan fingerprint density at radius 1 is 1.15 bits per heavy atom. The number of rotatable bonds is 7. The van der Waals surface area contributed by atoms with E-state index in [4.69, 9.17) is 9.16 Å². The molecule has 154 valence electrons. The number of carbonyl (C=O) groups excluding carboxylic acids is 1. The normalized spacial score (nSPS) is 12.8. The SMILES string of the molecule is CC(C)(C)OC(=O)N(CCO)Cc1cccc(CO[Si](C)(C)C(C)(C)C)n1. The maximum Gasteiger partial charge on any atom is 0.410 e. The van der Waals surface area contributed by atoms with Crippen LogP contribution in [0.4, 0.5) is 4.79 Å². The Balaban J connectivity index is 2.83. The van der Waals surface area contributed by atoms with Gasteiger partial charge in [0, 0.05) is 6.54 Å². The van der Waals surface area contributed by atoms with E-state index in [-0.39, 0.29) is 24.7 Å². The third-order valence-corrected chi connectivity index (χ3v) is 9.10. The Bertz CT molecular complexity index is 621. The summed E-state index contributed by atoms with van der Waals surface area (Å²) in [6.07, 6.45) is -0.457. The van der Waals surface area contributed by atoms with Crippen molar-refractivity contribution in [3.8, 4) is 0 Å². The molecule has 1 N–H and O–H groups in total. The lowest BCUT2D eigenvalue weighted by Gasteiger charge is -2.36. The van der Waals surface area contributed by atoms with Crippen molar-refractivity contribution in [3.63, 3.8) is 0 Å². The highest BCUT2D eigenvalue weighted by Gasteiger charge is 2.37. The fourth-order valence-electron chi connectivity index (χ4n) is 2.05. The molecule has 1 aromatic rings. The summed E-state index contributed by atoms with van der Waals surface area (Å²) in [5.41, 5.74) is 0.993. The first-order valence-electron chi connectivity index (χ1n) is 9.43. The Morgan fingerprint density at radius 2 is 1.74 bits per heavy atom. The summed E-state index contributed by atoms with van der Waals surface area (Å²) in [7, 11) is -1.85. The van der Waals surface area contributed by atoms with Gasteiger partial charge in [-0.15, -0.1) is 0 Å². The second kappa shape index (κ2) is 9.17.